The molecule has 1 N–H and O–H groups in total. The Labute approximate surface area is 172 Å². The van der Waals surface area contributed by atoms with Crippen molar-refractivity contribution in [1.29, 1.82) is 0 Å². The maximum atomic E-state index is 13.4. The van der Waals surface area contributed by atoms with Gasteiger partial charge in [0, 0.05) is 18.5 Å². The molecule has 4 aromatic rings. The lowest BCUT2D eigenvalue weighted by molar-refractivity contribution is -0.858. The average molecular weight is 412 g/mol. The van der Waals surface area contributed by atoms with E-state index in [2.05, 4.69) is 38.1 Å². The van der Waals surface area contributed by atoms with E-state index in [9.17, 15) is 4.79 Å². The molecule has 2 aromatic heterocycles. The highest BCUT2D eigenvalue weighted by molar-refractivity contribution is 7.22. The number of nitrogens with one attached hydrogen (secondary N) is 1. The van der Waals surface area contributed by atoms with Crippen molar-refractivity contribution in [3.8, 4) is 0 Å². The Balaban J connectivity index is 1.70. The molecule has 0 aliphatic heterocycles. The van der Waals surface area contributed by atoms with Gasteiger partial charge in [-0.05, 0) is 36.8 Å². The van der Waals surface area contributed by atoms with Gasteiger partial charge in [-0.25, -0.2) is 9.97 Å². The second-order valence-corrected chi connectivity index (χ2v) is 9.12. The highest BCUT2D eigenvalue weighted by Crippen LogP contribution is 2.32. The van der Waals surface area contributed by atoms with E-state index in [4.69, 9.17) is 4.98 Å². The SMILES string of the molecule is Cc1cccc2sc(N(CCC[NH+](C)C)C(=O)c3ccc4ncsc4c3)nc12. The Morgan fingerprint density at radius 3 is 2.82 bits per heavy atom. The second kappa shape index (κ2) is 7.95. The molecule has 0 atom stereocenters. The van der Waals surface area contributed by atoms with Crippen molar-refractivity contribution in [2.24, 2.45) is 0 Å². The van der Waals surface area contributed by atoms with Gasteiger partial charge in [-0.3, -0.25) is 9.69 Å². The topological polar surface area (TPSA) is 50.5 Å². The molecule has 5 nitrogen and oxygen atoms in total. The maximum absolute atomic E-state index is 13.4. The first-order valence-electron chi connectivity index (χ1n) is 9.33. The van der Waals surface area contributed by atoms with Crippen LogP contribution in [0.15, 0.2) is 41.9 Å². The summed E-state index contributed by atoms with van der Waals surface area (Å²) in [5.41, 5.74) is 5.55. The standard InChI is InChI=1S/C21H22N4OS2/c1-14-6-4-7-17-19(14)23-21(28-17)25(11-5-10-24(2)3)20(26)15-8-9-16-18(12-15)27-13-22-16/h4,6-9,12-13H,5,10-11H2,1-3H3/p+1. The van der Waals surface area contributed by atoms with Crippen LogP contribution in [0.2, 0.25) is 0 Å². The zero-order valence-electron chi connectivity index (χ0n) is 16.2. The van der Waals surface area contributed by atoms with Gasteiger partial charge in [0.2, 0.25) is 0 Å². The van der Waals surface area contributed by atoms with Crippen molar-refractivity contribution in [3.05, 3.63) is 53.0 Å². The van der Waals surface area contributed by atoms with Crippen molar-refractivity contribution >= 4 is 54.1 Å². The molecule has 144 valence electrons. The molecular formula is C21H23N4OS2+. The number of quaternary nitrogens is 1. The number of thiazole rings is 2. The number of carbonyl (C=O) groups is 1. The zero-order valence-corrected chi connectivity index (χ0v) is 17.9. The van der Waals surface area contributed by atoms with E-state index in [1.807, 2.05) is 34.7 Å². The van der Waals surface area contributed by atoms with Gasteiger partial charge < -0.3 is 4.90 Å². The Morgan fingerprint density at radius 2 is 2.04 bits per heavy atom. The maximum Gasteiger partial charge on any atom is 0.260 e. The number of hydrogen-bond acceptors (Lipinski definition) is 5. The second-order valence-electron chi connectivity index (χ2n) is 7.22. The Kier molecular flexibility index (Phi) is 5.39. The van der Waals surface area contributed by atoms with E-state index in [0.717, 1.165) is 44.1 Å². The predicted molar refractivity (Wildman–Crippen MR) is 118 cm³/mol. The van der Waals surface area contributed by atoms with Crippen LogP contribution in [0.3, 0.4) is 0 Å². The fraction of sp³-hybridized carbons (Fsp3) is 0.286. The van der Waals surface area contributed by atoms with E-state index in [0.29, 0.717) is 12.1 Å². The van der Waals surface area contributed by atoms with Crippen LogP contribution in [-0.2, 0) is 0 Å². The van der Waals surface area contributed by atoms with E-state index in [-0.39, 0.29) is 5.91 Å². The summed E-state index contributed by atoms with van der Waals surface area (Å²) in [5.74, 6) is 0.000709. The Hall–Kier alpha value is -2.35. The van der Waals surface area contributed by atoms with Crippen LogP contribution in [0.25, 0.3) is 20.4 Å². The van der Waals surface area contributed by atoms with Crippen LogP contribution in [0.4, 0.5) is 5.13 Å². The normalized spacial score (nSPS) is 11.6. The van der Waals surface area contributed by atoms with Crippen molar-refractivity contribution in [3.63, 3.8) is 0 Å². The molecule has 0 spiro atoms. The Bertz CT molecular complexity index is 1130. The minimum atomic E-state index is 0.000709. The van der Waals surface area contributed by atoms with Crippen LogP contribution in [0, 0.1) is 6.92 Å². The molecule has 0 fully saturated rings. The van der Waals surface area contributed by atoms with Crippen LogP contribution >= 0.6 is 22.7 Å². The van der Waals surface area contributed by atoms with Crippen LogP contribution < -0.4 is 9.80 Å². The van der Waals surface area contributed by atoms with E-state index in [1.54, 1.807) is 22.7 Å². The van der Waals surface area contributed by atoms with E-state index in [1.165, 1.54) is 4.90 Å². The number of anilines is 1. The highest BCUT2D eigenvalue weighted by atomic mass is 32.1. The van der Waals surface area contributed by atoms with Gasteiger partial charge in [-0.15, -0.1) is 11.3 Å². The lowest BCUT2D eigenvalue weighted by Gasteiger charge is -2.20. The molecule has 2 heterocycles. The lowest BCUT2D eigenvalue weighted by Crippen LogP contribution is -3.05. The van der Waals surface area contributed by atoms with Gasteiger partial charge in [-0.2, -0.15) is 0 Å². The lowest BCUT2D eigenvalue weighted by atomic mass is 10.2. The smallest absolute Gasteiger partial charge is 0.260 e. The van der Waals surface area contributed by atoms with Crippen LogP contribution in [0.1, 0.15) is 22.3 Å². The third-order valence-corrected chi connectivity index (χ3v) is 6.56. The first-order valence-corrected chi connectivity index (χ1v) is 11.0. The fourth-order valence-electron chi connectivity index (χ4n) is 3.21. The average Bonchev–Trinajstić information content (AvgIpc) is 3.31. The van der Waals surface area contributed by atoms with Crippen LogP contribution in [0.5, 0.6) is 0 Å². The molecule has 0 saturated carbocycles. The number of fused-ring (bicyclic) bond motifs is 2. The zero-order chi connectivity index (χ0) is 19.7. The predicted octanol–water partition coefficient (Wildman–Crippen LogP) is 3.40. The van der Waals surface area contributed by atoms with Gasteiger partial charge in [0.15, 0.2) is 5.13 Å². The largest absolute Gasteiger partial charge is 0.340 e. The van der Waals surface area contributed by atoms with Gasteiger partial charge in [0.05, 0.1) is 46.6 Å². The minimum absolute atomic E-state index is 0.000709. The van der Waals surface area contributed by atoms with Gasteiger partial charge in [0.1, 0.15) is 0 Å². The monoisotopic (exact) mass is 411 g/mol. The van der Waals surface area contributed by atoms with Crippen molar-refractivity contribution in [2.75, 3.05) is 32.1 Å². The van der Waals surface area contributed by atoms with Gasteiger partial charge >= 0.3 is 0 Å². The number of rotatable bonds is 6. The number of amides is 1. The number of nitrogens with zero attached hydrogens (tertiary/aromatic N) is 3. The van der Waals surface area contributed by atoms with E-state index >= 15 is 0 Å². The molecule has 0 saturated heterocycles. The van der Waals surface area contributed by atoms with Gasteiger partial charge in [0.25, 0.3) is 5.91 Å². The molecule has 4 rings (SSSR count). The summed E-state index contributed by atoms with van der Waals surface area (Å²) < 4.78 is 2.15. The summed E-state index contributed by atoms with van der Waals surface area (Å²) in [6.07, 6.45) is 0.922. The number of benzene rings is 2. The molecule has 0 unspecified atom stereocenters. The number of carbonyl (C=O) groups excluding carboxylic acids is 1. The minimum Gasteiger partial charge on any atom is -0.340 e. The third-order valence-electron chi connectivity index (χ3n) is 4.72. The van der Waals surface area contributed by atoms with Gasteiger partial charge in [-0.1, -0.05) is 23.5 Å². The van der Waals surface area contributed by atoms with Crippen molar-refractivity contribution < 1.29 is 9.69 Å². The molecule has 2 aromatic carbocycles. The number of para-hydroxylation sites is 1. The van der Waals surface area contributed by atoms with E-state index < -0.39 is 0 Å². The summed E-state index contributed by atoms with van der Waals surface area (Å²) in [4.78, 5) is 25.8. The summed E-state index contributed by atoms with van der Waals surface area (Å²) >= 11 is 3.14. The molecular weight excluding hydrogens is 388 g/mol. The molecule has 0 aliphatic rings. The quantitative estimate of drug-likeness (QED) is 0.529. The fourth-order valence-corrected chi connectivity index (χ4v) is 4.99. The molecule has 0 radical (unpaired) electrons. The third kappa shape index (κ3) is 3.78. The molecule has 7 heteroatoms. The van der Waals surface area contributed by atoms with Crippen molar-refractivity contribution in [2.45, 2.75) is 13.3 Å². The molecule has 0 aliphatic carbocycles. The first kappa shape index (κ1) is 19.0. The Morgan fingerprint density at radius 1 is 1.18 bits per heavy atom. The highest BCUT2D eigenvalue weighted by Gasteiger charge is 2.22. The number of hydrogen-bond donors (Lipinski definition) is 1. The number of aryl methyl sites for hydroxylation is 1. The van der Waals surface area contributed by atoms with Crippen LogP contribution in [-0.4, -0.2) is 43.1 Å². The summed E-state index contributed by atoms with van der Waals surface area (Å²) in [5, 5.41) is 0.771. The summed E-state index contributed by atoms with van der Waals surface area (Å²) in [6, 6.07) is 11.9. The molecule has 1 amide bonds. The summed E-state index contributed by atoms with van der Waals surface area (Å²) in [6.45, 7) is 3.72. The van der Waals surface area contributed by atoms with Crippen molar-refractivity contribution in [1.82, 2.24) is 9.97 Å². The molecule has 0 bridgehead atoms. The summed E-state index contributed by atoms with van der Waals surface area (Å²) in [7, 11) is 4.26. The number of aromatic nitrogens is 2. The molecule has 28 heavy (non-hydrogen) atoms. The first-order chi connectivity index (χ1) is 13.5.